The summed E-state index contributed by atoms with van der Waals surface area (Å²) in [5.74, 6) is 0.0183. The molecule has 104 valence electrons. The van der Waals surface area contributed by atoms with E-state index < -0.39 is 0 Å². The summed E-state index contributed by atoms with van der Waals surface area (Å²) in [7, 11) is 0. The largest absolute Gasteiger partial charge is 0.351 e. The third-order valence-corrected chi connectivity index (χ3v) is 3.16. The molecule has 3 heteroatoms. The molecule has 0 saturated carbocycles. The summed E-state index contributed by atoms with van der Waals surface area (Å²) in [4.78, 5) is 12.0. The third kappa shape index (κ3) is 4.52. The lowest BCUT2D eigenvalue weighted by Crippen LogP contribution is -2.41. The first-order valence-corrected chi connectivity index (χ1v) is 6.84. The quantitative estimate of drug-likeness (QED) is 0.845. The molecule has 0 radical (unpaired) electrons. The van der Waals surface area contributed by atoms with Crippen LogP contribution in [0.4, 0.5) is 0 Å². The summed E-state index contributed by atoms with van der Waals surface area (Å²) in [6, 6.07) is 19.8. The molecule has 2 aromatic rings. The average molecular weight is 268 g/mol. The number of amides is 1. The molecule has 1 amide bonds. The van der Waals surface area contributed by atoms with Crippen LogP contribution in [0.5, 0.6) is 0 Å². The molecule has 1 atom stereocenters. The molecule has 1 unspecified atom stereocenters. The van der Waals surface area contributed by atoms with Crippen LogP contribution in [0, 0.1) is 0 Å². The van der Waals surface area contributed by atoms with Gasteiger partial charge in [0.15, 0.2) is 0 Å². The maximum absolute atomic E-state index is 12.0. The lowest BCUT2D eigenvalue weighted by molar-refractivity contribution is -0.122. The first-order chi connectivity index (χ1) is 9.75. The van der Waals surface area contributed by atoms with Crippen LogP contribution in [-0.4, -0.2) is 11.9 Å². The molecule has 0 bridgehead atoms. The number of hydrogen-bond donors (Lipinski definition) is 2. The summed E-state index contributed by atoms with van der Waals surface area (Å²) in [6.45, 7) is 3.14. The summed E-state index contributed by atoms with van der Waals surface area (Å²) in [5, 5.41) is 6.16. The highest BCUT2D eigenvalue weighted by atomic mass is 16.2. The Hall–Kier alpha value is -2.13. The van der Waals surface area contributed by atoms with E-state index >= 15 is 0 Å². The Kier molecular flexibility index (Phi) is 5.33. The molecule has 2 N–H and O–H groups in total. The molecule has 0 aliphatic carbocycles. The minimum Gasteiger partial charge on any atom is -0.351 e. The molecule has 2 aromatic carbocycles. The molecule has 0 aliphatic rings. The fraction of sp³-hybridized carbons (Fsp3) is 0.235. The van der Waals surface area contributed by atoms with Crippen molar-refractivity contribution < 1.29 is 4.79 Å². The Morgan fingerprint density at radius 3 is 1.95 bits per heavy atom. The van der Waals surface area contributed by atoms with Crippen molar-refractivity contribution in [1.82, 2.24) is 10.6 Å². The van der Waals surface area contributed by atoms with Crippen molar-refractivity contribution in [1.29, 1.82) is 0 Å². The number of carbonyl (C=O) groups is 1. The van der Waals surface area contributed by atoms with E-state index in [1.807, 2.05) is 67.6 Å². The van der Waals surface area contributed by atoms with Gasteiger partial charge < -0.3 is 10.6 Å². The Morgan fingerprint density at radius 1 is 0.900 bits per heavy atom. The number of benzene rings is 2. The number of nitrogens with one attached hydrogen (secondary N) is 2. The van der Waals surface area contributed by atoms with Crippen LogP contribution in [0.3, 0.4) is 0 Å². The van der Waals surface area contributed by atoms with Crippen molar-refractivity contribution in [3.63, 3.8) is 0 Å². The molecule has 2 rings (SSSR count). The van der Waals surface area contributed by atoms with E-state index in [9.17, 15) is 4.79 Å². The summed E-state index contributed by atoms with van der Waals surface area (Å²) in [5.41, 5.74) is 2.28. The summed E-state index contributed by atoms with van der Waals surface area (Å²) in [6.07, 6.45) is 0. The van der Waals surface area contributed by atoms with E-state index in [0.717, 1.165) is 5.56 Å². The lowest BCUT2D eigenvalue weighted by atomic mass is 10.2. The van der Waals surface area contributed by atoms with Gasteiger partial charge in [-0.05, 0) is 18.1 Å². The molecule has 3 nitrogen and oxygen atoms in total. The molecule has 20 heavy (non-hydrogen) atoms. The van der Waals surface area contributed by atoms with E-state index in [1.54, 1.807) is 0 Å². The van der Waals surface area contributed by atoms with Gasteiger partial charge in [-0.15, -0.1) is 0 Å². The standard InChI is InChI=1S/C17H20N2O/c1-14(18-12-15-8-4-2-5-9-15)17(20)19-13-16-10-6-3-7-11-16/h2-11,14,18H,12-13H2,1H3,(H,19,20). The van der Waals surface area contributed by atoms with Crippen molar-refractivity contribution in [2.75, 3.05) is 0 Å². The fourth-order valence-electron chi connectivity index (χ4n) is 1.90. The molecular formula is C17H20N2O. The van der Waals surface area contributed by atoms with Crippen LogP contribution in [0.2, 0.25) is 0 Å². The first-order valence-electron chi connectivity index (χ1n) is 6.84. The van der Waals surface area contributed by atoms with Gasteiger partial charge in [-0.25, -0.2) is 0 Å². The van der Waals surface area contributed by atoms with Crippen molar-refractivity contribution in [2.24, 2.45) is 0 Å². The molecule has 0 spiro atoms. The van der Waals surface area contributed by atoms with Crippen LogP contribution < -0.4 is 10.6 Å². The van der Waals surface area contributed by atoms with Gasteiger partial charge in [0.05, 0.1) is 6.04 Å². The Balaban J connectivity index is 1.75. The van der Waals surface area contributed by atoms with Gasteiger partial charge in [-0.1, -0.05) is 60.7 Å². The lowest BCUT2D eigenvalue weighted by Gasteiger charge is -2.14. The topological polar surface area (TPSA) is 41.1 Å². The molecule has 0 aliphatic heterocycles. The van der Waals surface area contributed by atoms with Gasteiger partial charge >= 0.3 is 0 Å². The third-order valence-electron chi connectivity index (χ3n) is 3.16. The zero-order chi connectivity index (χ0) is 14.2. The predicted octanol–water partition coefficient (Wildman–Crippen LogP) is 2.48. The normalized spacial score (nSPS) is 11.8. The minimum atomic E-state index is -0.209. The molecule has 0 fully saturated rings. The first kappa shape index (κ1) is 14.3. The van der Waals surface area contributed by atoms with E-state index in [-0.39, 0.29) is 11.9 Å². The van der Waals surface area contributed by atoms with Gasteiger partial charge in [-0.2, -0.15) is 0 Å². The molecule has 0 aromatic heterocycles. The van der Waals surface area contributed by atoms with Crippen LogP contribution in [0.15, 0.2) is 60.7 Å². The number of hydrogen-bond acceptors (Lipinski definition) is 2. The second-order valence-electron chi connectivity index (χ2n) is 4.79. The van der Waals surface area contributed by atoms with Crippen LogP contribution in [0.25, 0.3) is 0 Å². The molecular weight excluding hydrogens is 248 g/mol. The minimum absolute atomic E-state index is 0.0183. The van der Waals surface area contributed by atoms with Crippen LogP contribution in [-0.2, 0) is 17.9 Å². The average Bonchev–Trinajstić information content (AvgIpc) is 2.52. The maximum atomic E-state index is 12.0. The molecule has 0 saturated heterocycles. The fourth-order valence-corrected chi connectivity index (χ4v) is 1.90. The Labute approximate surface area is 120 Å². The second-order valence-corrected chi connectivity index (χ2v) is 4.79. The smallest absolute Gasteiger partial charge is 0.237 e. The predicted molar refractivity (Wildman–Crippen MR) is 81.0 cm³/mol. The zero-order valence-electron chi connectivity index (χ0n) is 11.7. The highest BCUT2D eigenvalue weighted by Gasteiger charge is 2.11. The SMILES string of the molecule is CC(NCc1ccccc1)C(=O)NCc1ccccc1. The Bertz CT molecular complexity index is 525. The summed E-state index contributed by atoms with van der Waals surface area (Å²) >= 11 is 0. The van der Waals surface area contributed by atoms with Crippen molar-refractivity contribution in [3.8, 4) is 0 Å². The van der Waals surface area contributed by atoms with Gasteiger partial charge in [-0.3, -0.25) is 4.79 Å². The highest BCUT2D eigenvalue weighted by Crippen LogP contribution is 1.99. The van der Waals surface area contributed by atoms with Gasteiger partial charge in [0.1, 0.15) is 0 Å². The number of carbonyl (C=O) groups excluding carboxylic acids is 1. The van der Waals surface area contributed by atoms with Crippen molar-refractivity contribution in [2.45, 2.75) is 26.1 Å². The summed E-state index contributed by atoms with van der Waals surface area (Å²) < 4.78 is 0. The van der Waals surface area contributed by atoms with Crippen molar-refractivity contribution in [3.05, 3.63) is 71.8 Å². The van der Waals surface area contributed by atoms with E-state index in [2.05, 4.69) is 10.6 Å². The van der Waals surface area contributed by atoms with E-state index in [1.165, 1.54) is 5.56 Å². The zero-order valence-corrected chi connectivity index (χ0v) is 11.7. The number of rotatable bonds is 6. The van der Waals surface area contributed by atoms with Gasteiger partial charge in [0, 0.05) is 13.1 Å². The van der Waals surface area contributed by atoms with Crippen LogP contribution in [0.1, 0.15) is 18.1 Å². The maximum Gasteiger partial charge on any atom is 0.237 e. The monoisotopic (exact) mass is 268 g/mol. The van der Waals surface area contributed by atoms with E-state index in [0.29, 0.717) is 13.1 Å². The van der Waals surface area contributed by atoms with E-state index in [4.69, 9.17) is 0 Å². The second kappa shape index (κ2) is 7.46. The highest BCUT2D eigenvalue weighted by molar-refractivity contribution is 5.81. The molecule has 0 heterocycles. The van der Waals surface area contributed by atoms with Crippen LogP contribution >= 0.6 is 0 Å². The van der Waals surface area contributed by atoms with Gasteiger partial charge in [0.25, 0.3) is 0 Å². The van der Waals surface area contributed by atoms with Crippen molar-refractivity contribution >= 4 is 5.91 Å². The van der Waals surface area contributed by atoms with Gasteiger partial charge in [0.2, 0.25) is 5.91 Å². The Morgan fingerprint density at radius 2 is 1.40 bits per heavy atom.